The second kappa shape index (κ2) is 7.02. The number of hydrogen-bond acceptors (Lipinski definition) is 4. The molecule has 0 fully saturated rings. The molecule has 0 spiro atoms. The third-order valence-electron chi connectivity index (χ3n) is 2.94. The normalized spacial score (nSPS) is 10.7. The lowest BCUT2D eigenvalue weighted by molar-refractivity contribution is 0.394. The molecule has 0 radical (unpaired) electrons. The van der Waals surface area contributed by atoms with E-state index in [2.05, 4.69) is 29.1 Å². The molecular formula is C16H20FN3O. The Labute approximate surface area is 124 Å². The molecule has 21 heavy (non-hydrogen) atoms. The Kier molecular flexibility index (Phi) is 5.09. The van der Waals surface area contributed by atoms with Gasteiger partial charge in [-0.25, -0.2) is 9.37 Å². The average Bonchev–Trinajstić information content (AvgIpc) is 2.45. The van der Waals surface area contributed by atoms with Crippen molar-refractivity contribution >= 4 is 5.82 Å². The Bertz CT molecular complexity index is 585. The van der Waals surface area contributed by atoms with Gasteiger partial charge in [-0.15, -0.1) is 0 Å². The highest BCUT2D eigenvalue weighted by Gasteiger charge is 2.07. The second-order valence-corrected chi connectivity index (χ2v) is 5.29. The van der Waals surface area contributed by atoms with Gasteiger partial charge in [-0.1, -0.05) is 26.0 Å². The van der Waals surface area contributed by atoms with Gasteiger partial charge in [0.15, 0.2) is 0 Å². The Morgan fingerprint density at radius 1 is 1.19 bits per heavy atom. The number of aromatic nitrogens is 2. The van der Waals surface area contributed by atoms with Crippen LogP contribution in [0.25, 0.3) is 0 Å². The highest BCUT2D eigenvalue weighted by Crippen LogP contribution is 2.16. The lowest BCUT2D eigenvalue weighted by Gasteiger charge is -2.10. The minimum Gasteiger partial charge on any atom is -0.481 e. The van der Waals surface area contributed by atoms with Crippen molar-refractivity contribution in [2.75, 3.05) is 12.4 Å². The van der Waals surface area contributed by atoms with Gasteiger partial charge in [-0.2, -0.15) is 4.98 Å². The van der Waals surface area contributed by atoms with E-state index in [0.717, 1.165) is 17.8 Å². The molecule has 0 saturated carbocycles. The molecule has 112 valence electrons. The van der Waals surface area contributed by atoms with E-state index >= 15 is 0 Å². The lowest BCUT2D eigenvalue weighted by Crippen LogP contribution is -2.07. The summed E-state index contributed by atoms with van der Waals surface area (Å²) in [7, 11) is 1.59. The summed E-state index contributed by atoms with van der Waals surface area (Å²) in [6.45, 7) is 4.81. The van der Waals surface area contributed by atoms with Crippen molar-refractivity contribution in [3.05, 3.63) is 47.5 Å². The fourth-order valence-electron chi connectivity index (χ4n) is 1.92. The number of methoxy groups -OCH3 is 1. The third-order valence-corrected chi connectivity index (χ3v) is 2.94. The van der Waals surface area contributed by atoms with Crippen LogP contribution in [0, 0.1) is 11.7 Å². The Morgan fingerprint density at radius 3 is 2.52 bits per heavy atom. The van der Waals surface area contributed by atoms with E-state index in [-0.39, 0.29) is 5.82 Å². The number of rotatable bonds is 6. The Hall–Kier alpha value is -2.17. The highest BCUT2D eigenvalue weighted by molar-refractivity contribution is 5.39. The van der Waals surface area contributed by atoms with Crippen LogP contribution in [0.5, 0.6) is 5.88 Å². The van der Waals surface area contributed by atoms with E-state index in [1.165, 1.54) is 12.1 Å². The third kappa shape index (κ3) is 4.70. The zero-order chi connectivity index (χ0) is 15.2. The van der Waals surface area contributed by atoms with Crippen molar-refractivity contribution in [1.29, 1.82) is 0 Å². The first-order valence-electron chi connectivity index (χ1n) is 6.97. The molecule has 0 bridgehead atoms. The van der Waals surface area contributed by atoms with Crippen molar-refractivity contribution in [3.63, 3.8) is 0 Å². The van der Waals surface area contributed by atoms with Gasteiger partial charge in [-0.05, 0) is 23.6 Å². The largest absolute Gasteiger partial charge is 0.481 e. The van der Waals surface area contributed by atoms with Crippen LogP contribution in [0.2, 0.25) is 0 Å². The van der Waals surface area contributed by atoms with E-state index in [9.17, 15) is 4.39 Å². The highest BCUT2D eigenvalue weighted by atomic mass is 19.1. The summed E-state index contributed by atoms with van der Waals surface area (Å²) < 4.78 is 18.1. The predicted molar refractivity (Wildman–Crippen MR) is 80.9 cm³/mol. The van der Waals surface area contributed by atoms with Gasteiger partial charge < -0.3 is 10.1 Å². The van der Waals surface area contributed by atoms with Crippen LogP contribution in [-0.2, 0) is 13.0 Å². The minimum atomic E-state index is -0.235. The molecule has 1 heterocycles. The van der Waals surface area contributed by atoms with Crippen molar-refractivity contribution in [2.45, 2.75) is 26.8 Å². The summed E-state index contributed by atoms with van der Waals surface area (Å²) in [5.41, 5.74) is 0.986. The van der Waals surface area contributed by atoms with Crippen molar-refractivity contribution in [2.24, 2.45) is 5.92 Å². The maximum atomic E-state index is 12.9. The molecule has 0 aliphatic heterocycles. The van der Waals surface area contributed by atoms with Crippen molar-refractivity contribution < 1.29 is 9.13 Å². The summed E-state index contributed by atoms with van der Waals surface area (Å²) in [4.78, 5) is 8.81. The predicted octanol–water partition coefficient (Wildman–Crippen LogP) is 3.43. The number of benzene rings is 1. The smallest absolute Gasteiger partial charge is 0.218 e. The van der Waals surface area contributed by atoms with Crippen LogP contribution in [-0.4, -0.2) is 17.1 Å². The summed E-state index contributed by atoms with van der Waals surface area (Å²) >= 11 is 0. The van der Waals surface area contributed by atoms with Gasteiger partial charge in [0.2, 0.25) is 5.88 Å². The maximum absolute atomic E-state index is 12.9. The number of anilines is 1. The first-order chi connectivity index (χ1) is 10.1. The SMILES string of the molecule is COc1cc(NCc2ccc(F)cc2)nc(CC(C)C)n1. The van der Waals surface area contributed by atoms with Crippen molar-refractivity contribution in [1.82, 2.24) is 9.97 Å². The van der Waals surface area contributed by atoms with Gasteiger partial charge in [-0.3, -0.25) is 0 Å². The van der Waals surface area contributed by atoms with E-state index < -0.39 is 0 Å². The zero-order valence-electron chi connectivity index (χ0n) is 12.6. The molecule has 0 saturated heterocycles. The fraction of sp³-hybridized carbons (Fsp3) is 0.375. The molecule has 0 atom stereocenters. The molecule has 2 rings (SSSR count). The summed E-state index contributed by atoms with van der Waals surface area (Å²) in [5.74, 6) is 2.25. The first-order valence-corrected chi connectivity index (χ1v) is 6.97. The van der Waals surface area contributed by atoms with E-state index in [0.29, 0.717) is 24.2 Å². The molecule has 5 heteroatoms. The summed E-state index contributed by atoms with van der Waals surface area (Å²) in [6, 6.07) is 8.14. The quantitative estimate of drug-likeness (QED) is 0.885. The van der Waals surface area contributed by atoms with Gasteiger partial charge in [0.25, 0.3) is 0 Å². The molecular weight excluding hydrogens is 269 g/mol. The summed E-state index contributed by atoms with van der Waals surface area (Å²) in [6.07, 6.45) is 0.794. The standard InChI is InChI=1S/C16H20FN3O/c1-11(2)8-15-19-14(9-16(20-15)21-3)18-10-12-4-6-13(17)7-5-12/h4-7,9,11H,8,10H2,1-3H3,(H,18,19,20). The topological polar surface area (TPSA) is 47.0 Å². The number of halogens is 1. The zero-order valence-corrected chi connectivity index (χ0v) is 12.6. The monoisotopic (exact) mass is 289 g/mol. The molecule has 0 amide bonds. The van der Waals surface area contributed by atoms with E-state index in [4.69, 9.17) is 4.74 Å². The average molecular weight is 289 g/mol. The molecule has 1 aromatic carbocycles. The molecule has 0 aliphatic rings. The van der Waals surface area contributed by atoms with Crippen molar-refractivity contribution in [3.8, 4) is 5.88 Å². The minimum absolute atomic E-state index is 0.235. The molecule has 4 nitrogen and oxygen atoms in total. The van der Waals surface area contributed by atoms with Crippen LogP contribution < -0.4 is 10.1 Å². The lowest BCUT2D eigenvalue weighted by atomic mass is 10.1. The van der Waals surface area contributed by atoms with Crippen LogP contribution >= 0.6 is 0 Å². The van der Waals surface area contributed by atoms with Crippen LogP contribution in [0.1, 0.15) is 25.2 Å². The van der Waals surface area contributed by atoms with Gasteiger partial charge in [0.05, 0.1) is 7.11 Å². The fourth-order valence-corrected chi connectivity index (χ4v) is 1.92. The Morgan fingerprint density at radius 2 is 1.90 bits per heavy atom. The number of nitrogens with zero attached hydrogens (tertiary/aromatic N) is 2. The first kappa shape index (κ1) is 15.2. The number of nitrogens with one attached hydrogen (secondary N) is 1. The van der Waals surface area contributed by atoms with E-state index in [1.54, 1.807) is 25.3 Å². The van der Waals surface area contributed by atoms with E-state index in [1.807, 2.05) is 0 Å². The number of ether oxygens (including phenoxy) is 1. The molecule has 0 aliphatic carbocycles. The molecule has 1 aromatic heterocycles. The van der Waals surface area contributed by atoms with Gasteiger partial charge in [0.1, 0.15) is 17.5 Å². The molecule has 2 aromatic rings. The molecule has 1 N–H and O–H groups in total. The second-order valence-electron chi connectivity index (χ2n) is 5.29. The summed E-state index contributed by atoms with van der Waals surface area (Å²) in [5, 5.41) is 3.22. The Balaban J connectivity index is 2.09. The maximum Gasteiger partial charge on any atom is 0.218 e. The van der Waals surface area contributed by atoms with Gasteiger partial charge >= 0.3 is 0 Å². The van der Waals surface area contributed by atoms with Crippen LogP contribution in [0.15, 0.2) is 30.3 Å². The van der Waals surface area contributed by atoms with Crippen LogP contribution in [0.4, 0.5) is 10.2 Å². The van der Waals surface area contributed by atoms with Gasteiger partial charge in [0, 0.05) is 19.0 Å². The molecule has 0 unspecified atom stereocenters. The number of hydrogen-bond donors (Lipinski definition) is 1. The van der Waals surface area contributed by atoms with Crippen LogP contribution in [0.3, 0.4) is 0 Å².